The smallest absolute Gasteiger partial charge is 0.305 e. The molecule has 1 aromatic rings. The quantitative estimate of drug-likeness (QED) is 0.560. The Morgan fingerprint density at radius 1 is 1.53 bits per heavy atom. The van der Waals surface area contributed by atoms with Gasteiger partial charge in [-0.1, -0.05) is 0 Å². The van der Waals surface area contributed by atoms with Crippen molar-refractivity contribution in [2.75, 3.05) is 18.0 Å². The van der Waals surface area contributed by atoms with Crippen LogP contribution in [0.4, 0.5) is 11.6 Å². The molecule has 0 aromatic carbocycles. The monoisotopic (exact) mass is 237 g/mol. The van der Waals surface area contributed by atoms with Crippen LogP contribution in [-0.2, 0) is 4.79 Å². The largest absolute Gasteiger partial charge is 0.353 e. The predicted octanol–water partition coefficient (Wildman–Crippen LogP) is -0.291. The highest BCUT2D eigenvalue weighted by molar-refractivity contribution is 5.82. The predicted molar refractivity (Wildman–Crippen MR) is 58.5 cm³/mol. The summed E-state index contributed by atoms with van der Waals surface area (Å²) in [5.41, 5.74) is -0.164. The number of nitro groups is 1. The summed E-state index contributed by atoms with van der Waals surface area (Å²) in [6.07, 6.45) is 2.28. The van der Waals surface area contributed by atoms with Gasteiger partial charge in [0.05, 0.1) is 4.92 Å². The van der Waals surface area contributed by atoms with Crippen molar-refractivity contribution < 1.29 is 9.72 Å². The van der Waals surface area contributed by atoms with E-state index in [0.29, 0.717) is 12.5 Å². The Labute approximate surface area is 96.8 Å². The first kappa shape index (κ1) is 11.2. The summed E-state index contributed by atoms with van der Waals surface area (Å²) in [4.78, 5) is 30.7. The molecule has 1 saturated heterocycles. The molecule has 90 valence electrons. The van der Waals surface area contributed by atoms with Gasteiger partial charge in [0.1, 0.15) is 18.9 Å². The van der Waals surface area contributed by atoms with Crippen LogP contribution in [0.15, 0.2) is 12.4 Å². The van der Waals surface area contributed by atoms with E-state index < -0.39 is 4.92 Å². The third-order valence-electron chi connectivity index (χ3n) is 2.53. The molecule has 2 rings (SSSR count). The van der Waals surface area contributed by atoms with E-state index in [-0.39, 0.29) is 24.2 Å². The van der Waals surface area contributed by atoms with Gasteiger partial charge < -0.3 is 10.2 Å². The van der Waals surface area contributed by atoms with Crippen molar-refractivity contribution in [1.82, 2.24) is 15.3 Å². The van der Waals surface area contributed by atoms with Crippen molar-refractivity contribution in [3.8, 4) is 0 Å². The summed E-state index contributed by atoms with van der Waals surface area (Å²) in [5.74, 6) is 0.225. The number of carbonyl (C=O) groups excluding carboxylic acids is 1. The number of aromatic nitrogens is 2. The molecule has 0 saturated carbocycles. The zero-order valence-electron chi connectivity index (χ0n) is 9.16. The number of carbonyl (C=O) groups is 1. The lowest BCUT2D eigenvalue weighted by atomic mass is 10.2. The van der Waals surface area contributed by atoms with Crippen molar-refractivity contribution in [2.45, 2.75) is 13.0 Å². The Balaban J connectivity index is 2.21. The Morgan fingerprint density at radius 2 is 2.18 bits per heavy atom. The van der Waals surface area contributed by atoms with Gasteiger partial charge in [0, 0.05) is 12.6 Å². The van der Waals surface area contributed by atoms with E-state index in [1.807, 2.05) is 6.92 Å². The first-order chi connectivity index (χ1) is 8.08. The van der Waals surface area contributed by atoms with Crippen LogP contribution in [0.1, 0.15) is 6.92 Å². The molecule has 1 aliphatic rings. The Kier molecular flexibility index (Phi) is 2.86. The van der Waals surface area contributed by atoms with Crippen molar-refractivity contribution >= 4 is 17.5 Å². The van der Waals surface area contributed by atoms with Crippen LogP contribution in [-0.4, -0.2) is 39.9 Å². The summed E-state index contributed by atoms with van der Waals surface area (Å²) in [6, 6.07) is 0.0640. The zero-order valence-corrected chi connectivity index (χ0v) is 9.16. The number of hydrogen-bond acceptors (Lipinski definition) is 6. The van der Waals surface area contributed by atoms with Crippen molar-refractivity contribution in [1.29, 1.82) is 0 Å². The van der Waals surface area contributed by atoms with Crippen molar-refractivity contribution in [3.63, 3.8) is 0 Å². The molecule has 17 heavy (non-hydrogen) atoms. The van der Waals surface area contributed by atoms with E-state index in [9.17, 15) is 14.9 Å². The maximum Gasteiger partial charge on any atom is 0.305 e. The molecule has 0 aliphatic carbocycles. The molecule has 1 amide bonds. The second-order valence-corrected chi connectivity index (χ2v) is 3.78. The second-order valence-electron chi connectivity index (χ2n) is 3.78. The van der Waals surface area contributed by atoms with Gasteiger partial charge in [-0.25, -0.2) is 9.97 Å². The fourth-order valence-electron chi connectivity index (χ4n) is 1.56. The van der Waals surface area contributed by atoms with Crippen molar-refractivity contribution in [3.05, 3.63) is 22.5 Å². The molecular weight excluding hydrogens is 226 g/mol. The van der Waals surface area contributed by atoms with E-state index in [1.54, 1.807) is 4.90 Å². The third-order valence-corrected chi connectivity index (χ3v) is 2.53. The third kappa shape index (κ3) is 2.30. The van der Waals surface area contributed by atoms with Gasteiger partial charge in [-0.2, -0.15) is 0 Å². The normalized spacial score (nSPS) is 19.9. The lowest BCUT2D eigenvalue weighted by molar-refractivity contribution is -0.385. The van der Waals surface area contributed by atoms with Gasteiger partial charge in [-0.05, 0) is 6.92 Å². The molecule has 0 unspecified atom stereocenters. The summed E-state index contributed by atoms with van der Waals surface area (Å²) in [5, 5.41) is 13.2. The fourth-order valence-corrected chi connectivity index (χ4v) is 1.56. The molecule has 8 heteroatoms. The molecule has 1 fully saturated rings. The molecule has 8 nitrogen and oxygen atoms in total. The van der Waals surface area contributed by atoms with Crippen LogP contribution in [0.3, 0.4) is 0 Å². The first-order valence-corrected chi connectivity index (χ1v) is 5.07. The minimum atomic E-state index is -0.559. The van der Waals surface area contributed by atoms with Crippen molar-refractivity contribution in [2.24, 2.45) is 0 Å². The molecule has 0 spiro atoms. The number of nitrogens with one attached hydrogen (secondary N) is 1. The number of rotatable bonds is 2. The van der Waals surface area contributed by atoms with Crippen LogP contribution >= 0.6 is 0 Å². The second kappa shape index (κ2) is 4.32. The van der Waals surface area contributed by atoms with E-state index in [2.05, 4.69) is 15.3 Å². The lowest BCUT2D eigenvalue weighted by Crippen LogP contribution is -2.53. The average molecular weight is 237 g/mol. The zero-order chi connectivity index (χ0) is 12.4. The van der Waals surface area contributed by atoms with Crippen LogP contribution < -0.4 is 10.2 Å². The molecule has 0 radical (unpaired) electrons. The molecule has 0 bridgehead atoms. The number of nitrogens with zero attached hydrogens (tertiary/aromatic N) is 4. The van der Waals surface area contributed by atoms with Crippen LogP contribution in [0.25, 0.3) is 0 Å². The number of hydrogen-bond donors (Lipinski definition) is 1. The highest BCUT2D eigenvalue weighted by Crippen LogP contribution is 2.15. The van der Waals surface area contributed by atoms with Crippen LogP contribution in [0.2, 0.25) is 0 Å². The van der Waals surface area contributed by atoms with Gasteiger partial charge >= 0.3 is 5.69 Å². The topological polar surface area (TPSA) is 101 Å². The molecule has 2 heterocycles. The number of anilines is 1. The van der Waals surface area contributed by atoms with E-state index >= 15 is 0 Å². The van der Waals surface area contributed by atoms with Gasteiger partial charge in [-0.15, -0.1) is 0 Å². The minimum Gasteiger partial charge on any atom is -0.353 e. The Bertz CT molecular complexity index is 446. The van der Waals surface area contributed by atoms with Gasteiger partial charge in [-0.3, -0.25) is 14.9 Å². The molecule has 1 atom stereocenters. The molecular formula is C9H11N5O3. The lowest BCUT2D eigenvalue weighted by Gasteiger charge is -2.32. The fraction of sp³-hybridized carbons (Fsp3) is 0.444. The summed E-state index contributed by atoms with van der Waals surface area (Å²) in [6.45, 7) is 2.60. The van der Waals surface area contributed by atoms with E-state index in [1.165, 1.54) is 0 Å². The van der Waals surface area contributed by atoms with Gasteiger partial charge in [0.25, 0.3) is 0 Å². The standard InChI is InChI=1S/C9H11N5O3/c1-6-2-10-8(15)5-13(6)9-11-3-7(4-12-9)14(16)17/h3-4,6H,2,5H2,1H3,(H,10,15)/t6-/m1/s1. The number of amides is 1. The maximum atomic E-state index is 11.3. The highest BCUT2D eigenvalue weighted by atomic mass is 16.6. The van der Waals surface area contributed by atoms with Crippen LogP contribution in [0, 0.1) is 10.1 Å². The Hall–Kier alpha value is -2.25. The molecule has 1 aromatic heterocycles. The SMILES string of the molecule is C[C@@H]1CNC(=O)CN1c1ncc([N+](=O)[O-])cn1. The summed E-state index contributed by atoms with van der Waals surface area (Å²) >= 11 is 0. The van der Waals surface area contributed by atoms with Crippen LogP contribution in [0.5, 0.6) is 0 Å². The summed E-state index contributed by atoms with van der Waals surface area (Å²) < 4.78 is 0. The summed E-state index contributed by atoms with van der Waals surface area (Å²) in [7, 11) is 0. The molecule has 1 aliphatic heterocycles. The van der Waals surface area contributed by atoms with Gasteiger partial charge in [0.2, 0.25) is 11.9 Å². The average Bonchev–Trinajstić information content (AvgIpc) is 2.32. The highest BCUT2D eigenvalue weighted by Gasteiger charge is 2.25. The first-order valence-electron chi connectivity index (χ1n) is 5.07. The maximum absolute atomic E-state index is 11.3. The Morgan fingerprint density at radius 3 is 2.76 bits per heavy atom. The molecule has 1 N–H and O–H groups in total. The number of piperazine rings is 1. The van der Waals surface area contributed by atoms with E-state index in [4.69, 9.17) is 0 Å². The van der Waals surface area contributed by atoms with E-state index in [0.717, 1.165) is 12.4 Å². The minimum absolute atomic E-state index is 0.0640. The van der Waals surface area contributed by atoms with Gasteiger partial charge in [0.15, 0.2) is 0 Å².